The second-order valence-electron chi connectivity index (χ2n) is 6.87. The molecule has 0 spiro atoms. The Morgan fingerprint density at radius 2 is 2.08 bits per heavy atom. The van der Waals surface area contributed by atoms with Gasteiger partial charge < -0.3 is 20.3 Å². The fraction of sp³-hybridized carbons (Fsp3) is 0.650. The van der Waals surface area contributed by atoms with Crippen LogP contribution in [0.1, 0.15) is 31.7 Å². The minimum atomic E-state index is 0.734. The first-order valence-corrected chi connectivity index (χ1v) is 10.0. The summed E-state index contributed by atoms with van der Waals surface area (Å²) in [5.74, 6) is 2.39. The highest BCUT2D eigenvalue weighted by molar-refractivity contribution is 6.31. The minimum absolute atomic E-state index is 0.734. The van der Waals surface area contributed by atoms with Crippen LogP contribution in [0.5, 0.6) is 5.75 Å². The highest BCUT2D eigenvalue weighted by atomic mass is 35.5. The number of halogens is 1. The molecule has 0 amide bonds. The third-order valence-electron chi connectivity index (χ3n) is 4.98. The van der Waals surface area contributed by atoms with Crippen molar-refractivity contribution in [2.24, 2.45) is 10.9 Å². The van der Waals surface area contributed by atoms with Gasteiger partial charge in [0.2, 0.25) is 0 Å². The van der Waals surface area contributed by atoms with Gasteiger partial charge >= 0.3 is 0 Å². The first-order valence-electron chi connectivity index (χ1n) is 9.65. The molecule has 1 aliphatic rings. The van der Waals surface area contributed by atoms with E-state index in [0.717, 1.165) is 47.7 Å². The molecule has 26 heavy (non-hydrogen) atoms. The van der Waals surface area contributed by atoms with E-state index in [2.05, 4.69) is 27.4 Å². The lowest BCUT2D eigenvalue weighted by molar-refractivity contribution is 0.185. The standard InChI is InChI=1S/C20H33ClN4O/c1-4-11-25-12-8-16(9-13-25)15-24-20(22-2)23-10-7-17-5-6-18(26-3)14-19(17)21/h5-6,14,16H,4,7-13,15H2,1-3H3,(H2,22,23,24). The maximum atomic E-state index is 6.30. The van der Waals surface area contributed by atoms with E-state index in [4.69, 9.17) is 16.3 Å². The molecule has 0 bridgehead atoms. The fourth-order valence-corrected chi connectivity index (χ4v) is 3.63. The van der Waals surface area contributed by atoms with Crippen LogP contribution in [-0.4, -0.2) is 57.7 Å². The second-order valence-corrected chi connectivity index (χ2v) is 7.28. The van der Waals surface area contributed by atoms with Gasteiger partial charge in [0.15, 0.2) is 5.96 Å². The van der Waals surface area contributed by atoms with Crippen molar-refractivity contribution in [3.63, 3.8) is 0 Å². The molecule has 0 unspecified atom stereocenters. The smallest absolute Gasteiger partial charge is 0.190 e. The van der Waals surface area contributed by atoms with Gasteiger partial charge in [-0.3, -0.25) is 4.99 Å². The van der Waals surface area contributed by atoms with Crippen molar-refractivity contribution in [3.05, 3.63) is 28.8 Å². The number of hydrogen-bond acceptors (Lipinski definition) is 3. The average molecular weight is 381 g/mol. The summed E-state index contributed by atoms with van der Waals surface area (Å²) in [6.07, 6.45) is 4.63. The Bertz CT molecular complexity index is 571. The molecular formula is C20H33ClN4O. The van der Waals surface area contributed by atoms with E-state index < -0.39 is 0 Å². The average Bonchev–Trinajstić information content (AvgIpc) is 2.67. The maximum absolute atomic E-state index is 6.30. The van der Waals surface area contributed by atoms with Gasteiger partial charge in [-0.1, -0.05) is 24.6 Å². The third-order valence-corrected chi connectivity index (χ3v) is 5.33. The molecule has 1 aliphatic heterocycles. The van der Waals surface area contributed by atoms with E-state index in [0.29, 0.717) is 0 Å². The minimum Gasteiger partial charge on any atom is -0.497 e. The zero-order valence-electron chi connectivity index (χ0n) is 16.4. The van der Waals surface area contributed by atoms with Crippen molar-refractivity contribution in [2.45, 2.75) is 32.6 Å². The first kappa shape index (κ1) is 20.8. The zero-order valence-corrected chi connectivity index (χ0v) is 17.1. The molecule has 1 aromatic carbocycles. The number of hydrogen-bond donors (Lipinski definition) is 2. The number of likely N-dealkylation sites (tertiary alicyclic amines) is 1. The summed E-state index contributed by atoms with van der Waals surface area (Å²) in [4.78, 5) is 6.90. The second kappa shape index (κ2) is 11.3. The van der Waals surface area contributed by atoms with E-state index >= 15 is 0 Å². The van der Waals surface area contributed by atoms with Crippen molar-refractivity contribution in [1.29, 1.82) is 0 Å². The monoisotopic (exact) mass is 380 g/mol. The highest BCUT2D eigenvalue weighted by Gasteiger charge is 2.18. The van der Waals surface area contributed by atoms with Gasteiger partial charge in [0.25, 0.3) is 0 Å². The molecule has 1 saturated heterocycles. The maximum Gasteiger partial charge on any atom is 0.190 e. The van der Waals surface area contributed by atoms with Crippen LogP contribution in [0.15, 0.2) is 23.2 Å². The van der Waals surface area contributed by atoms with Crippen molar-refractivity contribution in [3.8, 4) is 5.75 Å². The molecule has 146 valence electrons. The number of guanidine groups is 1. The van der Waals surface area contributed by atoms with Gasteiger partial charge in [-0.2, -0.15) is 0 Å². The van der Waals surface area contributed by atoms with Crippen LogP contribution in [-0.2, 0) is 6.42 Å². The van der Waals surface area contributed by atoms with E-state index in [1.807, 2.05) is 25.2 Å². The van der Waals surface area contributed by atoms with Gasteiger partial charge in [0, 0.05) is 25.2 Å². The molecule has 1 fully saturated rings. The Labute approximate surface area is 163 Å². The van der Waals surface area contributed by atoms with Gasteiger partial charge in [-0.05, 0) is 68.9 Å². The molecule has 5 nitrogen and oxygen atoms in total. The normalized spacial score (nSPS) is 16.5. The Morgan fingerprint density at radius 3 is 2.69 bits per heavy atom. The number of rotatable bonds is 8. The molecule has 0 aromatic heterocycles. The quantitative estimate of drug-likeness (QED) is 0.537. The Hall–Kier alpha value is -1.46. The van der Waals surface area contributed by atoms with Crippen molar-refractivity contribution in [2.75, 3.05) is 46.9 Å². The Balaban J connectivity index is 1.68. The van der Waals surface area contributed by atoms with Crippen LogP contribution >= 0.6 is 11.6 Å². The van der Waals surface area contributed by atoms with E-state index in [-0.39, 0.29) is 0 Å². The Morgan fingerprint density at radius 1 is 1.31 bits per heavy atom. The molecule has 0 atom stereocenters. The molecule has 1 heterocycles. The van der Waals surface area contributed by atoms with Crippen LogP contribution < -0.4 is 15.4 Å². The summed E-state index contributed by atoms with van der Waals surface area (Å²) in [7, 11) is 3.47. The van der Waals surface area contributed by atoms with Crippen LogP contribution in [0, 0.1) is 5.92 Å². The molecule has 0 aliphatic carbocycles. The fourth-order valence-electron chi connectivity index (χ4n) is 3.37. The molecule has 6 heteroatoms. The Kier molecular flexibility index (Phi) is 9.06. The number of ether oxygens (including phenoxy) is 1. The summed E-state index contributed by atoms with van der Waals surface area (Å²) in [6.45, 7) is 7.72. The summed E-state index contributed by atoms with van der Waals surface area (Å²) in [6, 6.07) is 5.82. The van der Waals surface area contributed by atoms with Crippen LogP contribution in [0.2, 0.25) is 5.02 Å². The van der Waals surface area contributed by atoms with Gasteiger partial charge in [-0.15, -0.1) is 0 Å². The number of nitrogens with zero attached hydrogens (tertiary/aromatic N) is 2. The van der Waals surface area contributed by atoms with Gasteiger partial charge in [0.05, 0.1) is 7.11 Å². The lowest BCUT2D eigenvalue weighted by atomic mass is 9.97. The lowest BCUT2D eigenvalue weighted by Gasteiger charge is -2.32. The van der Waals surface area contributed by atoms with Gasteiger partial charge in [0.1, 0.15) is 5.75 Å². The molecular weight excluding hydrogens is 348 g/mol. The molecule has 0 saturated carbocycles. The molecule has 2 N–H and O–H groups in total. The molecule has 0 radical (unpaired) electrons. The van der Waals surface area contributed by atoms with Gasteiger partial charge in [-0.25, -0.2) is 0 Å². The summed E-state index contributed by atoms with van der Waals surface area (Å²) in [5.41, 5.74) is 1.11. The first-order chi connectivity index (χ1) is 12.7. The largest absolute Gasteiger partial charge is 0.497 e. The van der Waals surface area contributed by atoms with Crippen LogP contribution in [0.3, 0.4) is 0 Å². The van der Waals surface area contributed by atoms with Crippen molar-refractivity contribution >= 4 is 17.6 Å². The van der Waals surface area contributed by atoms with Crippen molar-refractivity contribution < 1.29 is 4.74 Å². The number of aliphatic imine (C=N–C) groups is 1. The van der Waals surface area contributed by atoms with E-state index in [1.165, 1.54) is 38.9 Å². The van der Waals surface area contributed by atoms with Crippen LogP contribution in [0.4, 0.5) is 0 Å². The number of benzene rings is 1. The predicted octanol–water partition coefficient (Wildman–Crippen LogP) is 3.18. The summed E-state index contributed by atoms with van der Waals surface area (Å²) < 4.78 is 5.19. The highest BCUT2D eigenvalue weighted by Crippen LogP contribution is 2.22. The zero-order chi connectivity index (χ0) is 18.8. The third kappa shape index (κ3) is 6.69. The molecule has 1 aromatic rings. The number of nitrogens with one attached hydrogen (secondary N) is 2. The topological polar surface area (TPSA) is 48.9 Å². The lowest BCUT2D eigenvalue weighted by Crippen LogP contribution is -2.43. The summed E-state index contributed by atoms with van der Waals surface area (Å²) in [5, 5.41) is 7.60. The SMILES string of the molecule is CCCN1CCC(CNC(=NC)NCCc2ccc(OC)cc2Cl)CC1. The van der Waals surface area contributed by atoms with Crippen molar-refractivity contribution in [1.82, 2.24) is 15.5 Å². The predicted molar refractivity (Wildman–Crippen MR) is 111 cm³/mol. The summed E-state index contributed by atoms with van der Waals surface area (Å²) >= 11 is 6.30. The number of methoxy groups -OCH3 is 1. The number of piperidine rings is 1. The van der Waals surface area contributed by atoms with E-state index in [9.17, 15) is 0 Å². The van der Waals surface area contributed by atoms with E-state index in [1.54, 1.807) is 7.11 Å². The van der Waals surface area contributed by atoms with Crippen LogP contribution in [0.25, 0.3) is 0 Å². The molecule has 2 rings (SSSR count).